The highest BCUT2D eigenvalue weighted by Gasteiger charge is 2.42. The molecule has 1 amide bonds. The van der Waals surface area contributed by atoms with Crippen LogP contribution < -0.4 is 5.32 Å². The standard InChI is InChI=1S/C15H18ClNO3/c1-15(8-3-2-7-12(15)14(19)20)17-13(18)10-5-4-6-11(16)9-10/h4-6,9,12H,2-3,7-8H2,1H3,(H,17,18)(H,19,20). The smallest absolute Gasteiger partial charge is 0.308 e. The lowest BCUT2D eigenvalue weighted by Gasteiger charge is -2.39. The quantitative estimate of drug-likeness (QED) is 0.900. The molecule has 0 spiro atoms. The maximum Gasteiger partial charge on any atom is 0.308 e. The molecule has 1 aromatic rings. The minimum absolute atomic E-state index is 0.275. The van der Waals surface area contributed by atoms with E-state index in [0.717, 1.165) is 12.8 Å². The lowest BCUT2D eigenvalue weighted by Crippen LogP contribution is -2.55. The summed E-state index contributed by atoms with van der Waals surface area (Å²) in [6.45, 7) is 1.81. The van der Waals surface area contributed by atoms with Gasteiger partial charge in [-0.25, -0.2) is 0 Å². The number of nitrogens with one attached hydrogen (secondary N) is 1. The molecule has 0 bridgehead atoms. The Hall–Kier alpha value is -1.55. The molecular weight excluding hydrogens is 278 g/mol. The molecule has 0 aliphatic heterocycles. The number of benzene rings is 1. The van der Waals surface area contributed by atoms with E-state index in [1.807, 2.05) is 6.92 Å². The van der Waals surface area contributed by atoms with Crippen molar-refractivity contribution in [1.82, 2.24) is 5.32 Å². The minimum atomic E-state index is -0.849. The maximum atomic E-state index is 12.3. The van der Waals surface area contributed by atoms with Gasteiger partial charge in [-0.2, -0.15) is 0 Å². The number of amides is 1. The van der Waals surface area contributed by atoms with Gasteiger partial charge in [0.2, 0.25) is 0 Å². The fourth-order valence-corrected chi connectivity index (χ4v) is 3.03. The summed E-state index contributed by atoms with van der Waals surface area (Å²) in [5.41, 5.74) is -0.253. The van der Waals surface area contributed by atoms with Gasteiger partial charge in [0.25, 0.3) is 5.91 Å². The lowest BCUT2D eigenvalue weighted by molar-refractivity contribution is -0.145. The molecular formula is C15H18ClNO3. The highest BCUT2D eigenvalue weighted by atomic mass is 35.5. The Morgan fingerprint density at radius 1 is 1.40 bits per heavy atom. The summed E-state index contributed by atoms with van der Waals surface area (Å²) in [4.78, 5) is 23.6. The largest absolute Gasteiger partial charge is 0.481 e. The molecule has 5 heteroatoms. The molecule has 0 heterocycles. The van der Waals surface area contributed by atoms with Crippen molar-refractivity contribution in [2.45, 2.75) is 38.1 Å². The van der Waals surface area contributed by atoms with Gasteiger partial charge in [0.05, 0.1) is 11.5 Å². The van der Waals surface area contributed by atoms with Gasteiger partial charge in [-0.3, -0.25) is 9.59 Å². The van der Waals surface area contributed by atoms with Crippen LogP contribution >= 0.6 is 11.6 Å². The molecule has 4 nitrogen and oxygen atoms in total. The predicted octanol–water partition coefficient (Wildman–Crippen LogP) is 3.10. The zero-order valence-electron chi connectivity index (χ0n) is 11.4. The van der Waals surface area contributed by atoms with Crippen molar-refractivity contribution in [3.63, 3.8) is 0 Å². The third-order valence-corrected chi connectivity index (χ3v) is 4.23. The van der Waals surface area contributed by atoms with Crippen molar-refractivity contribution >= 4 is 23.5 Å². The van der Waals surface area contributed by atoms with E-state index in [1.54, 1.807) is 24.3 Å². The number of aliphatic carboxylic acids is 1. The number of carbonyl (C=O) groups excluding carboxylic acids is 1. The Kier molecular flexibility index (Phi) is 4.33. The van der Waals surface area contributed by atoms with E-state index >= 15 is 0 Å². The first-order valence-corrected chi connectivity index (χ1v) is 7.11. The molecule has 2 N–H and O–H groups in total. The summed E-state index contributed by atoms with van der Waals surface area (Å²) in [6.07, 6.45) is 3.09. The van der Waals surface area contributed by atoms with Crippen LogP contribution in [0.4, 0.5) is 0 Å². The first-order chi connectivity index (χ1) is 9.42. The second-order valence-corrected chi connectivity index (χ2v) is 5.95. The van der Waals surface area contributed by atoms with Gasteiger partial charge in [0, 0.05) is 10.6 Å². The monoisotopic (exact) mass is 295 g/mol. The number of carboxylic acids is 1. The van der Waals surface area contributed by atoms with Crippen LogP contribution in [0.25, 0.3) is 0 Å². The Bertz CT molecular complexity index is 532. The predicted molar refractivity (Wildman–Crippen MR) is 76.9 cm³/mol. The van der Waals surface area contributed by atoms with E-state index in [9.17, 15) is 14.7 Å². The third kappa shape index (κ3) is 3.12. The normalized spacial score (nSPS) is 26.0. The fourth-order valence-electron chi connectivity index (χ4n) is 2.84. The number of carboxylic acid groups (broad SMARTS) is 1. The Labute approximate surface area is 123 Å². The van der Waals surface area contributed by atoms with Crippen molar-refractivity contribution < 1.29 is 14.7 Å². The molecule has 1 aliphatic carbocycles. The zero-order chi connectivity index (χ0) is 14.8. The van der Waals surface area contributed by atoms with Gasteiger partial charge in [0.1, 0.15) is 0 Å². The molecule has 1 aliphatic rings. The van der Waals surface area contributed by atoms with Gasteiger partial charge < -0.3 is 10.4 Å². The Morgan fingerprint density at radius 3 is 2.80 bits per heavy atom. The number of rotatable bonds is 3. The number of halogens is 1. The second-order valence-electron chi connectivity index (χ2n) is 5.52. The molecule has 1 saturated carbocycles. The summed E-state index contributed by atoms with van der Waals surface area (Å²) in [6, 6.07) is 6.65. The molecule has 2 unspecified atom stereocenters. The van der Waals surface area contributed by atoms with E-state index in [2.05, 4.69) is 5.32 Å². The fraction of sp³-hybridized carbons (Fsp3) is 0.467. The van der Waals surface area contributed by atoms with Gasteiger partial charge in [-0.05, 0) is 38.0 Å². The van der Waals surface area contributed by atoms with Gasteiger partial charge >= 0.3 is 5.97 Å². The Morgan fingerprint density at radius 2 is 2.15 bits per heavy atom. The number of hydrogen-bond donors (Lipinski definition) is 2. The molecule has 2 atom stereocenters. The first-order valence-electron chi connectivity index (χ1n) is 6.73. The van der Waals surface area contributed by atoms with Crippen molar-refractivity contribution in [1.29, 1.82) is 0 Å². The van der Waals surface area contributed by atoms with Crippen LogP contribution in [0.2, 0.25) is 5.02 Å². The van der Waals surface area contributed by atoms with E-state index in [-0.39, 0.29) is 5.91 Å². The van der Waals surface area contributed by atoms with Crippen LogP contribution in [-0.2, 0) is 4.79 Å². The summed E-state index contributed by atoms with van der Waals surface area (Å²) >= 11 is 5.87. The molecule has 0 radical (unpaired) electrons. The summed E-state index contributed by atoms with van der Waals surface area (Å²) < 4.78 is 0. The first kappa shape index (κ1) is 14.9. The van der Waals surface area contributed by atoms with E-state index in [0.29, 0.717) is 23.4 Å². The van der Waals surface area contributed by atoms with Crippen LogP contribution in [0, 0.1) is 5.92 Å². The minimum Gasteiger partial charge on any atom is -0.481 e. The summed E-state index contributed by atoms with van der Waals surface area (Å²) in [7, 11) is 0. The van der Waals surface area contributed by atoms with Crippen molar-refractivity contribution in [2.24, 2.45) is 5.92 Å². The van der Waals surface area contributed by atoms with Crippen LogP contribution in [0.3, 0.4) is 0 Å². The van der Waals surface area contributed by atoms with Crippen molar-refractivity contribution in [2.75, 3.05) is 0 Å². The average Bonchev–Trinajstić information content (AvgIpc) is 2.38. The lowest BCUT2D eigenvalue weighted by atomic mass is 9.73. The highest BCUT2D eigenvalue weighted by molar-refractivity contribution is 6.30. The molecule has 1 fully saturated rings. The second kappa shape index (κ2) is 5.83. The van der Waals surface area contributed by atoms with Crippen molar-refractivity contribution in [3.05, 3.63) is 34.9 Å². The van der Waals surface area contributed by atoms with E-state index in [1.165, 1.54) is 0 Å². The molecule has 0 saturated heterocycles. The van der Waals surface area contributed by atoms with E-state index < -0.39 is 17.4 Å². The van der Waals surface area contributed by atoms with Crippen LogP contribution in [-0.4, -0.2) is 22.5 Å². The highest BCUT2D eigenvalue weighted by Crippen LogP contribution is 2.34. The van der Waals surface area contributed by atoms with Crippen molar-refractivity contribution in [3.8, 4) is 0 Å². The number of hydrogen-bond acceptors (Lipinski definition) is 2. The molecule has 1 aromatic carbocycles. The average molecular weight is 296 g/mol. The zero-order valence-corrected chi connectivity index (χ0v) is 12.1. The molecule has 0 aromatic heterocycles. The molecule has 108 valence electrons. The van der Waals surface area contributed by atoms with Gasteiger partial charge in [-0.15, -0.1) is 0 Å². The molecule has 20 heavy (non-hydrogen) atoms. The SMILES string of the molecule is CC1(NC(=O)c2cccc(Cl)c2)CCCCC1C(=O)O. The van der Waals surface area contributed by atoms with Gasteiger partial charge in [0.15, 0.2) is 0 Å². The van der Waals surface area contributed by atoms with Crippen LogP contribution in [0.5, 0.6) is 0 Å². The third-order valence-electron chi connectivity index (χ3n) is 3.99. The Balaban J connectivity index is 2.18. The number of carbonyl (C=O) groups is 2. The topological polar surface area (TPSA) is 66.4 Å². The summed E-state index contributed by atoms with van der Waals surface area (Å²) in [5, 5.41) is 12.7. The van der Waals surface area contributed by atoms with E-state index in [4.69, 9.17) is 11.6 Å². The maximum absolute atomic E-state index is 12.3. The molecule has 2 rings (SSSR count). The summed E-state index contributed by atoms with van der Waals surface area (Å²) in [5.74, 6) is -1.67. The van der Waals surface area contributed by atoms with Crippen LogP contribution in [0.1, 0.15) is 43.0 Å². The van der Waals surface area contributed by atoms with Crippen LogP contribution in [0.15, 0.2) is 24.3 Å². The van der Waals surface area contributed by atoms with Gasteiger partial charge in [-0.1, -0.05) is 30.5 Å².